The zero-order valence-electron chi connectivity index (χ0n) is 8.22. The highest BCUT2D eigenvalue weighted by atomic mass is 16.5. The van der Waals surface area contributed by atoms with Gasteiger partial charge in [-0.25, -0.2) is 0 Å². The molecule has 1 aliphatic heterocycles. The molecule has 74 valence electrons. The van der Waals surface area contributed by atoms with E-state index in [-0.39, 0.29) is 23.2 Å². The molecule has 0 saturated carbocycles. The van der Waals surface area contributed by atoms with Crippen molar-refractivity contribution < 1.29 is 14.3 Å². The number of amides is 1. The number of carbonyl (C=O) groups is 2. The van der Waals surface area contributed by atoms with Crippen LogP contribution < -0.4 is 5.32 Å². The highest BCUT2D eigenvalue weighted by molar-refractivity contribution is 5.82. The summed E-state index contributed by atoms with van der Waals surface area (Å²) < 4.78 is 4.67. The number of methoxy groups -OCH3 is 1. The lowest BCUT2D eigenvalue weighted by Gasteiger charge is -2.36. The molecule has 4 nitrogen and oxygen atoms in total. The third-order valence-corrected chi connectivity index (χ3v) is 2.55. The van der Waals surface area contributed by atoms with Gasteiger partial charge in [0, 0.05) is 13.0 Å². The van der Waals surface area contributed by atoms with Crippen LogP contribution in [0.3, 0.4) is 0 Å². The van der Waals surface area contributed by atoms with Gasteiger partial charge in [-0.15, -0.1) is 0 Å². The van der Waals surface area contributed by atoms with Gasteiger partial charge < -0.3 is 10.1 Å². The molecular formula is C9H15NO3. The van der Waals surface area contributed by atoms with Gasteiger partial charge in [-0.2, -0.15) is 0 Å². The first kappa shape index (κ1) is 10.0. The van der Waals surface area contributed by atoms with Gasteiger partial charge in [-0.05, 0) is 5.41 Å². The first-order chi connectivity index (χ1) is 5.97. The molecule has 1 fully saturated rings. The molecule has 1 atom stereocenters. The average molecular weight is 185 g/mol. The lowest BCUT2D eigenvalue weighted by molar-refractivity contribution is -0.152. The highest BCUT2D eigenvalue weighted by Crippen LogP contribution is 2.33. The van der Waals surface area contributed by atoms with Crippen LogP contribution in [0.1, 0.15) is 20.3 Å². The zero-order chi connectivity index (χ0) is 10.1. The minimum Gasteiger partial charge on any atom is -0.469 e. The van der Waals surface area contributed by atoms with Gasteiger partial charge in [0.05, 0.1) is 13.0 Å². The summed E-state index contributed by atoms with van der Waals surface area (Å²) in [7, 11) is 1.37. The number of nitrogens with one attached hydrogen (secondary N) is 1. The first-order valence-corrected chi connectivity index (χ1v) is 4.32. The van der Waals surface area contributed by atoms with Gasteiger partial charge in [0.15, 0.2) is 0 Å². The largest absolute Gasteiger partial charge is 0.469 e. The van der Waals surface area contributed by atoms with Gasteiger partial charge in [-0.3, -0.25) is 9.59 Å². The average Bonchev–Trinajstić information content (AvgIpc) is 2.01. The van der Waals surface area contributed by atoms with E-state index in [1.165, 1.54) is 7.11 Å². The summed E-state index contributed by atoms with van der Waals surface area (Å²) in [5.74, 6) is -0.467. The Labute approximate surface area is 77.6 Å². The summed E-state index contributed by atoms with van der Waals surface area (Å²) in [4.78, 5) is 22.4. The van der Waals surface area contributed by atoms with E-state index in [0.717, 1.165) is 0 Å². The fraction of sp³-hybridized carbons (Fsp3) is 0.778. The van der Waals surface area contributed by atoms with Crippen molar-refractivity contribution in [3.63, 3.8) is 0 Å². The van der Waals surface area contributed by atoms with E-state index in [4.69, 9.17) is 0 Å². The van der Waals surface area contributed by atoms with Crippen LogP contribution >= 0.6 is 0 Å². The molecule has 1 saturated heterocycles. The molecule has 0 spiro atoms. The Bertz CT molecular complexity index is 235. The van der Waals surface area contributed by atoms with Crippen molar-refractivity contribution in [2.75, 3.05) is 13.7 Å². The van der Waals surface area contributed by atoms with Crippen molar-refractivity contribution in [2.45, 2.75) is 20.3 Å². The van der Waals surface area contributed by atoms with E-state index in [1.54, 1.807) is 0 Å². The molecule has 0 radical (unpaired) electrons. The number of rotatable bonds is 1. The van der Waals surface area contributed by atoms with Crippen molar-refractivity contribution >= 4 is 11.9 Å². The van der Waals surface area contributed by atoms with Crippen molar-refractivity contribution in [2.24, 2.45) is 11.3 Å². The first-order valence-electron chi connectivity index (χ1n) is 4.32. The number of hydrogen-bond acceptors (Lipinski definition) is 3. The van der Waals surface area contributed by atoms with Crippen LogP contribution in [0.15, 0.2) is 0 Å². The molecule has 0 aliphatic carbocycles. The second-order valence-electron chi connectivity index (χ2n) is 4.05. The summed E-state index contributed by atoms with van der Waals surface area (Å²) in [6.07, 6.45) is 0.382. The Kier molecular flexibility index (Phi) is 2.59. The summed E-state index contributed by atoms with van der Waals surface area (Å²) in [6.45, 7) is 4.21. The predicted molar refractivity (Wildman–Crippen MR) is 46.9 cm³/mol. The van der Waals surface area contributed by atoms with E-state index in [2.05, 4.69) is 10.1 Å². The van der Waals surface area contributed by atoms with E-state index < -0.39 is 0 Å². The summed E-state index contributed by atoms with van der Waals surface area (Å²) in [5.41, 5.74) is -0.296. The summed E-state index contributed by atoms with van der Waals surface area (Å²) in [5, 5.41) is 2.66. The van der Waals surface area contributed by atoms with Crippen LogP contribution in [-0.4, -0.2) is 25.5 Å². The second kappa shape index (κ2) is 3.36. The number of piperidine rings is 1. The molecule has 1 N–H and O–H groups in total. The van der Waals surface area contributed by atoms with Crippen LogP contribution in [-0.2, 0) is 14.3 Å². The molecule has 0 aromatic rings. The molecule has 1 rings (SSSR count). The maximum absolute atomic E-state index is 11.3. The van der Waals surface area contributed by atoms with E-state index in [9.17, 15) is 9.59 Å². The Morgan fingerprint density at radius 2 is 2.23 bits per heavy atom. The van der Waals surface area contributed by atoms with Crippen LogP contribution in [0.4, 0.5) is 0 Å². The molecular weight excluding hydrogens is 170 g/mol. The fourth-order valence-electron chi connectivity index (χ4n) is 1.64. The molecule has 13 heavy (non-hydrogen) atoms. The van der Waals surface area contributed by atoms with Crippen LogP contribution in [0, 0.1) is 11.3 Å². The molecule has 1 amide bonds. The third kappa shape index (κ3) is 1.99. The minimum absolute atomic E-state index is 0.00477. The van der Waals surface area contributed by atoms with Gasteiger partial charge in [0.1, 0.15) is 0 Å². The maximum Gasteiger partial charge on any atom is 0.311 e. The predicted octanol–water partition coefficient (Wildman–Crippen LogP) is 0.322. The van der Waals surface area contributed by atoms with Crippen molar-refractivity contribution in [1.82, 2.24) is 5.32 Å². The Morgan fingerprint density at radius 1 is 1.62 bits per heavy atom. The van der Waals surface area contributed by atoms with Crippen molar-refractivity contribution in [3.05, 3.63) is 0 Å². The number of carbonyl (C=O) groups excluding carboxylic acids is 2. The minimum atomic E-state index is -0.296. The van der Waals surface area contributed by atoms with E-state index in [1.807, 2.05) is 13.8 Å². The quantitative estimate of drug-likeness (QED) is 0.599. The summed E-state index contributed by atoms with van der Waals surface area (Å²) >= 11 is 0. The topological polar surface area (TPSA) is 55.4 Å². The zero-order valence-corrected chi connectivity index (χ0v) is 8.22. The normalized spacial score (nSPS) is 26.4. The van der Waals surface area contributed by atoms with Crippen LogP contribution in [0.25, 0.3) is 0 Å². The molecule has 1 aliphatic rings. The van der Waals surface area contributed by atoms with Crippen LogP contribution in [0.5, 0.6) is 0 Å². The molecule has 0 aromatic carbocycles. The molecule has 1 unspecified atom stereocenters. The SMILES string of the molecule is COC(=O)C1CNC(=O)CC1(C)C. The Hall–Kier alpha value is -1.06. The smallest absolute Gasteiger partial charge is 0.311 e. The number of hydrogen-bond donors (Lipinski definition) is 1. The van der Waals surface area contributed by atoms with Crippen molar-refractivity contribution in [1.29, 1.82) is 0 Å². The molecule has 1 heterocycles. The van der Waals surface area contributed by atoms with Crippen molar-refractivity contribution in [3.8, 4) is 0 Å². The second-order valence-corrected chi connectivity index (χ2v) is 4.05. The monoisotopic (exact) mass is 185 g/mol. The number of esters is 1. The lowest BCUT2D eigenvalue weighted by Crippen LogP contribution is -2.48. The van der Waals surface area contributed by atoms with Crippen LogP contribution in [0.2, 0.25) is 0 Å². The van der Waals surface area contributed by atoms with E-state index >= 15 is 0 Å². The molecule has 4 heteroatoms. The molecule has 0 bridgehead atoms. The van der Waals surface area contributed by atoms with E-state index in [0.29, 0.717) is 13.0 Å². The highest BCUT2D eigenvalue weighted by Gasteiger charge is 2.41. The standard InChI is InChI=1S/C9H15NO3/c1-9(2)4-7(11)10-5-6(9)8(12)13-3/h6H,4-5H2,1-3H3,(H,10,11). The fourth-order valence-corrected chi connectivity index (χ4v) is 1.64. The summed E-state index contributed by atoms with van der Waals surface area (Å²) in [6, 6.07) is 0. The third-order valence-electron chi connectivity index (χ3n) is 2.55. The number of ether oxygens (including phenoxy) is 1. The lowest BCUT2D eigenvalue weighted by atomic mass is 9.74. The van der Waals surface area contributed by atoms with Gasteiger partial charge in [-0.1, -0.05) is 13.8 Å². The molecule has 0 aromatic heterocycles. The van der Waals surface area contributed by atoms with Gasteiger partial charge >= 0.3 is 5.97 Å². The van der Waals surface area contributed by atoms with Gasteiger partial charge in [0.2, 0.25) is 5.91 Å². The Morgan fingerprint density at radius 3 is 2.69 bits per heavy atom. The van der Waals surface area contributed by atoms with Gasteiger partial charge in [0.25, 0.3) is 0 Å². The Balaban J connectivity index is 2.75. The maximum atomic E-state index is 11.3.